The van der Waals surface area contributed by atoms with Crippen LogP contribution < -0.4 is 16.0 Å². The molecule has 0 radical (unpaired) electrons. The highest BCUT2D eigenvalue weighted by Gasteiger charge is 2.56. The van der Waals surface area contributed by atoms with Gasteiger partial charge >= 0.3 is 6.03 Å². The Labute approximate surface area is 194 Å². The summed E-state index contributed by atoms with van der Waals surface area (Å²) in [4.78, 5) is 27.9. The predicted octanol–water partition coefficient (Wildman–Crippen LogP) is 2.50. The Morgan fingerprint density at radius 2 is 1.88 bits per heavy atom. The molecule has 2 bridgehead atoms. The number of imide groups is 1. The number of amides is 3. The third kappa shape index (κ3) is 4.18. The average molecular weight is 469 g/mol. The van der Waals surface area contributed by atoms with Gasteiger partial charge in [0.15, 0.2) is 0 Å². The lowest BCUT2D eigenvalue weighted by Gasteiger charge is -2.56. The quantitative estimate of drug-likeness (QED) is 0.551. The van der Waals surface area contributed by atoms with E-state index in [4.69, 9.17) is 4.74 Å². The zero-order chi connectivity index (χ0) is 23.3. The van der Waals surface area contributed by atoms with E-state index < -0.39 is 48.3 Å². The van der Waals surface area contributed by atoms with Gasteiger partial charge in [-0.3, -0.25) is 15.4 Å². The normalized spacial score (nSPS) is 46.5. The molecule has 9 heteroatoms. The molecule has 4 saturated heterocycles. The molecule has 1 saturated carbocycles. The molecule has 3 N–H and O–H groups in total. The van der Waals surface area contributed by atoms with Gasteiger partial charge < -0.3 is 15.0 Å². The first-order valence-corrected chi connectivity index (χ1v) is 12.9. The monoisotopic (exact) mass is 468 g/mol. The molecule has 7 nitrogen and oxygen atoms in total. The van der Waals surface area contributed by atoms with Crippen molar-refractivity contribution in [1.82, 2.24) is 20.9 Å². The second kappa shape index (κ2) is 9.38. The summed E-state index contributed by atoms with van der Waals surface area (Å²) < 4.78 is 37.0. The van der Waals surface area contributed by atoms with Gasteiger partial charge in [-0.1, -0.05) is 13.8 Å². The van der Waals surface area contributed by atoms with E-state index in [-0.39, 0.29) is 36.4 Å². The molecule has 0 aromatic rings. The van der Waals surface area contributed by atoms with Crippen molar-refractivity contribution >= 4 is 11.9 Å². The molecule has 0 aromatic carbocycles. The molecule has 33 heavy (non-hydrogen) atoms. The number of hydrogen-bond acceptors (Lipinski definition) is 5. The molecule has 5 rings (SSSR count). The Morgan fingerprint density at radius 1 is 1.06 bits per heavy atom. The van der Waals surface area contributed by atoms with Gasteiger partial charge in [0.1, 0.15) is 12.3 Å². The number of hydrogen-bond donors (Lipinski definition) is 3. The first-order valence-electron chi connectivity index (χ1n) is 12.9. The second-order valence-electron chi connectivity index (χ2n) is 11.0. The van der Waals surface area contributed by atoms with Crippen LogP contribution in [-0.4, -0.2) is 72.7 Å². The van der Waals surface area contributed by atoms with Crippen LogP contribution in [0.5, 0.6) is 0 Å². The predicted molar refractivity (Wildman–Crippen MR) is 119 cm³/mol. The Hall–Kier alpha value is -1.32. The number of carbonyl (C=O) groups is 2. The lowest BCUT2D eigenvalue weighted by molar-refractivity contribution is -0.140. The maximum atomic E-state index is 15.5. The maximum Gasteiger partial charge on any atom is 0.325 e. The Balaban J connectivity index is 1.56. The van der Waals surface area contributed by atoms with Gasteiger partial charge in [-0.25, -0.2) is 13.6 Å². The zero-order valence-electron chi connectivity index (χ0n) is 19.6. The number of rotatable bonds is 1. The topological polar surface area (TPSA) is 82.7 Å². The molecular weight excluding hydrogens is 430 g/mol. The number of alkyl halides is 2. The zero-order valence-corrected chi connectivity index (χ0v) is 19.6. The fourth-order valence-corrected chi connectivity index (χ4v) is 7.25. The standard InChI is InChI=1S/C24H38F2N4O3/c1-12(2)19-21-13(8-9-27-19)5-4-10-33-17-7-3-6-15(25)18(17)20-16(26)11-14-22(28-20)30(21)24(32)29-23(14)31/h12-22,27-28H,3-11H2,1-2H3,(H,29,31,32). The van der Waals surface area contributed by atoms with E-state index in [1.807, 2.05) is 0 Å². The fourth-order valence-electron chi connectivity index (χ4n) is 7.25. The van der Waals surface area contributed by atoms with E-state index in [0.29, 0.717) is 13.0 Å². The largest absolute Gasteiger partial charge is 0.378 e. The molecule has 5 aliphatic rings. The van der Waals surface area contributed by atoms with Crippen LogP contribution in [0, 0.1) is 23.7 Å². The van der Waals surface area contributed by atoms with Crippen LogP contribution in [-0.2, 0) is 9.53 Å². The molecule has 0 spiro atoms. The number of fused-ring (bicyclic) bond motifs is 5. The summed E-state index contributed by atoms with van der Waals surface area (Å²) in [5.41, 5.74) is 0. The van der Waals surface area contributed by atoms with E-state index in [1.165, 1.54) is 0 Å². The maximum absolute atomic E-state index is 15.5. The molecule has 5 fully saturated rings. The van der Waals surface area contributed by atoms with E-state index in [9.17, 15) is 9.59 Å². The second-order valence-corrected chi connectivity index (χ2v) is 11.0. The fraction of sp³-hybridized carbons (Fsp3) is 0.917. The highest BCUT2D eigenvalue weighted by Crippen LogP contribution is 2.41. The van der Waals surface area contributed by atoms with Crippen LogP contribution >= 0.6 is 0 Å². The number of nitrogens with zero attached hydrogens (tertiary/aromatic N) is 1. The Morgan fingerprint density at radius 3 is 2.67 bits per heavy atom. The molecule has 10 unspecified atom stereocenters. The van der Waals surface area contributed by atoms with Gasteiger partial charge in [0.25, 0.3) is 0 Å². The van der Waals surface area contributed by atoms with E-state index in [2.05, 4.69) is 29.8 Å². The third-order valence-corrected chi connectivity index (χ3v) is 8.78. The molecule has 3 amide bonds. The minimum absolute atomic E-state index is 0.00888. The molecule has 1 aliphatic carbocycles. The number of urea groups is 1. The number of piperidine rings is 2. The van der Waals surface area contributed by atoms with Crippen LogP contribution in [0.3, 0.4) is 0 Å². The minimum Gasteiger partial charge on any atom is -0.378 e. The molecule has 4 heterocycles. The van der Waals surface area contributed by atoms with Crippen molar-refractivity contribution in [3.8, 4) is 0 Å². The number of nitrogens with one attached hydrogen (secondary N) is 3. The van der Waals surface area contributed by atoms with Gasteiger partial charge in [-0.2, -0.15) is 0 Å². The van der Waals surface area contributed by atoms with Crippen LogP contribution in [0.2, 0.25) is 0 Å². The summed E-state index contributed by atoms with van der Waals surface area (Å²) in [5.74, 6) is -1.21. The van der Waals surface area contributed by atoms with Crippen LogP contribution in [0.4, 0.5) is 13.6 Å². The van der Waals surface area contributed by atoms with Crippen molar-refractivity contribution in [3.05, 3.63) is 0 Å². The van der Waals surface area contributed by atoms with Gasteiger partial charge in [0, 0.05) is 24.6 Å². The van der Waals surface area contributed by atoms with E-state index in [0.717, 1.165) is 38.6 Å². The summed E-state index contributed by atoms with van der Waals surface area (Å²) >= 11 is 0. The van der Waals surface area contributed by atoms with Crippen molar-refractivity contribution in [2.75, 3.05) is 13.2 Å². The molecular formula is C24H38F2N4O3. The van der Waals surface area contributed by atoms with Gasteiger partial charge in [0.05, 0.1) is 24.2 Å². The smallest absolute Gasteiger partial charge is 0.325 e. The van der Waals surface area contributed by atoms with Crippen molar-refractivity contribution in [3.63, 3.8) is 0 Å². The SMILES string of the molecule is CC(C)C1NCCC2CCCOC3CCCC(F)C3C3NC4C(CC3F)C(=O)NC(=O)N4C21. The Kier molecular flexibility index (Phi) is 6.66. The summed E-state index contributed by atoms with van der Waals surface area (Å²) in [5, 5.41) is 9.44. The highest BCUT2D eigenvalue weighted by molar-refractivity contribution is 5.98. The summed E-state index contributed by atoms with van der Waals surface area (Å²) in [7, 11) is 0. The average Bonchev–Trinajstić information content (AvgIpc) is 2.77. The van der Waals surface area contributed by atoms with Crippen molar-refractivity contribution < 1.29 is 23.1 Å². The van der Waals surface area contributed by atoms with Gasteiger partial charge in [0.2, 0.25) is 5.91 Å². The lowest BCUT2D eigenvalue weighted by atomic mass is 9.73. The van der Waals surface area contributed by atoms with Crippen molar-refractivity contribution in [2.45, 2.75) is 102 Å². The van der Waals surface area contributed by atoms with E-state index >= 15 is 8.78 Å². The van der Waals surface area contributed by atoms with Crippen molar-refractivity contribution in [2.24, 2.45) is 23.7 Å². The highest BCUT2D eigenvalue weighted by atomic mass is 19.1. The summed E-state index contributed by atoms with van der Waals surface area (Å²) in [6.45, 7) is 5.68. The van der Waals surface area contributed by atoms with Crippen molar-refractivity contribution in [1.29, 1.82) is 0 Å². The molecule has 4 aliphatic heterocycles. The first-order chi connectivity index (χ1) is 15.9. The Bertz CT molecular complexity index is 755. The number of carbonyl (C=O) groups excluding carboxylic acids is 2. The first kappa shape index (κ1) is 23.4. The third-order valence-electron chi connectivity index (χ3n) is 8.78. The summed E-state index contributed by atoms with van der Waals surface area (Å²) in [6, 6.07) is -1.27. The lowest BCUT2D eigenvalue weighted by Crippen LogP contribution is -2.76. The summed E-state index contributed by atoms with van der Waals surface area (Å²) in [6.07, 6.45) is 0.994. The van der Waals surface area contributed by atoms with Crippen LogP contribution in [0.15, 0.2) is 0 Å². The molecule has 10 atom stereocenters. The molecule has 186 valence electrons. The number of ether oxygens (including phenoxy) is 1. The van der Waals surface area contributed by atoms with Crippen LogP contribution in [0.25, 0.3) is 0 Å². The van der Waals surface area contributed by atoms with Crippen LogP contribution in [0.1, 0.15) is 58.8 Å². The number of halogens is 2. The minimum atomic E-state index is -1.37. The molecule has 0 aromatic heterocycles. The van der Waals surface area contributed by atoms with E-state index in [1.54, 1.807) is 4.90 Å². The van der Waals surface area contributed by atoms with Gasteiger partial charge in [-0.05, 0) is 63.3 Å². The van der Waals surface area contributed by atoms with Gasteiger partial charge in [-0.15, -0.1) is 0 Å².